The summed E-state index contributed by atoms with van der Waals surface area (Å²) in [5.74, 6) is 0.236. The molecule has 1 aromatic carbocycles. The Morgan fingerprint density at radius 2 is 1.91 bits per heavy atom. The van der Waals surface area contributed by atoms with E-state index in [1.54, 1.807) is 33.0 Å². The van der Waals surface area contributed by atoms with Crippen LogP contribution in [0, 0.1) is 17.6 Å². The summed E-state index contributed by atoms with van der Waals surface area (Å²) in [6.45, 7) is 12.1. The molecule has 3 aromatic rings. The van der Waals surface area contributed by atoms with E-state index in [0.29, 0.717) is 42.5 Å². The molecule has 0 radical (unpaired) electrons. The predicted molar refractivity (Wildman–Crippen MR) is 157 cm³/mol. The predicted octanol–water partition coefficient (Wildman–Crippen LogP) is 5.76. The first-order chi connectivity index (χ1) is 20.5. The first-order valence-electron chi connectivity index (χ1n) is 14.9. The summed E-state index contributed by atoms with van der Waals surface area (Å²) in [5, 5.41) is 10.4. The van der Waals surface area contributed by atoms with Gasteiger partial charge in [-0.25, -0.2) is 18.6 Å². The van der Waals surface area contributed by atoms with Crippen LogP contribution >= 0.6 is 0 Å². The van der Waals surface area contributed by atoms with Gasteiger partial charge in [-0.15, -0.1) is 0 Å². The standard InChI is InChI=1S/C31H40F2N6O4/c1-18(2)28-37-29(43-38-28)27(19-8-11-34-12-9-19)41-26-15-23(22-14-20(32)6-7-24(22)33)25(16-35-26)39-13-10-21(17-39)36-30(40)42-31(3,4)5/h6-7,14-16,18-19,21,27,34H,8-13,17H2,1-5H3,(H,36,40). The molecule has 43 heavy (non-hydrogen) atoms. The number of pyridine rings is 1. The minimum Gasteiger partial charge on any atom is -0.464 e. The quantitative estimate of drug-likeness (QED) is 0.334. The molecule has 2 saturated heterocycles. The highest BCUT2D eigenvalue weighted by Crippen LogP contribution is 2.39. The van der Waals surface area contributed by atoms with Crippen LogP contribution in [0.3, 0.4) is 0 Å². The Kier molecular flexibility index (Phi) is 9.14. The third kappa shape index (κ3) is 7.59. The van der Waals surface area contributed by atoms with E-state index in [2.05, 4.69) is 25.8 Å². The van der Waals surface area contributed by atoms with Crippen LogP contribution in [0.15, 0.2) is 35.0 Å². The van der Waals surface area contributed by atoms with Crippen molar-refractivity contribution in [3.05, 3.63) is 53.8 Å². The van der Waals surface area contributed by atoms with Crippen LogP contribution < -0.4 is 20.3 Å². The summed E-state index contributed by atoms with van der Waals surface area (Å²) in [7, 11) is 0. The van der Waals surface area contributed by atoms with Gasteiger partial charge in [0.15, 0.2) is 11.9 Å². The zero-order valence-electron chi connectivity index (χ0n) is 25.3. The Labute approximate surface area is 250 Å². The maximum absolute atomic E-state index is 15.2. The first-order valence-corrected chi connectivity index (χ1v) is 14.9. The van der Waals surface area contributed by atoms with Crippen LogP contribution in [0.4, 0.5) is 19.3 Å². The number of anilines is 1. The number of hydrogen-bond donors (Lipinski definition) is 2. The minimum atomic E-state index is -0.617. The molecule has 232 valence electrons. The van der Waals surface area contributed by atoms with Gasteiger partial charge in [0.1, 0.15) is 17.2 Å². The zero-order chi connectivity index (χ0) is 30.7. The number of rotatable bonds is 8. The lowest BCUT2D eigenvalue weighted by molar-refractivity contribution is 0.0509. The molecule has 10 nitrogen and oxygen atoms in total. The number of aromatic nitrogens is 3. The van der Waals surface area contributed by atoms with E-state index >= 15 is 4.39 Å². The van der Waals surface area contributed by atoms with E-state index in [-0.39, 0.29) is 29.3 Å². The van der Waals surface area contributed by atoms with Gasteiger partial charge in [0.05, 0.1) is 17.9 Å². The number of nitrogens with zero attached hydrogens (tertiary/aromatic N) is 4. The van der Waals surface area contributed by atoms with Gasteiger partial charge in [-0.3, -0.25) is 0 Å². The Balaban J connectivity index is 1.45. The van der Waals surface area contributed by atoms with Gasteiger partial charge in [-0.2, -0.15) is 4.98 Å². The summed E-state index contributed by atoms with van der Waals surface area (Å²) < 4.78 is 47.1. The van der Waals surface area contributed by atoms with Crippen LogP contribution in [0.5, 0.6) is 5.88 Å². The van der Waals surface area contributed by atoms with Gasteiger partial charge in [-0.1, -0.05) is 19.0 Å². The number of alkyl carbamates (subject to hydrolysis) is 1. The van der Waals surface area contributed by atoms with Crippen LogP contribution in [0.1, 0.15) is 77.6 Å². The summed E-state index contributed by atoms with van der Waals surface area (Å²) in [5.41, 5.74) is 0.499. The average Bonchev–Trinajstić information content (AvgIpc) is 3.63. The van der Waals surface area contributed by atoms with Crippen molar-refractivity contribution < 1.29 is 27.6 Å². The molecule has 2 unspecified atom stereocenters. The minimum absolute atomic E-state index is 0.0835. The molecule has 2 aromatic heterocycles. The molecule has 0 saturated carbocycles. The molecule has 12 heteroatoms. The number of benzene rings is 1. The monoisotopic (exact) mass is 598 g/mol. The van der Waals surface area contributed by atoms with Crippen molar-refractivity contribution in [2.75, 3.05) is 31.1 Å². The normalized spacial score (nSPS) is 18.6. The first kappa shape index (κ1) is 30.7. The van der Waals surface area contributed by atoms with Gasteiger partial charge in [0.2, 0.25) is 5.88 Å². The number of amides is 1. The number of ether oxygens (including phenoxy) is 2. The second-order valence-corrected chi connectivity index (χ2v) is 12.5. The molecule has 4 heterocycles. The maximum Gasteiger partial charge on any atom is 0.407 e. The second-order valence-electron chi connectivity index (χ2n) is 12.5. The molecule has 5 rings (SSSR count). The highest BCUT2D eigenvalue weighted by molar-refractivity contribution is 5.80. The number of nitrogens with one attached hydrogen (secondary N) is 2. The average molecular weight is 599 g/mol. The fourth-order valence-corrected chi connectivity index (χ4v) is 5.46. The number of carbonyl (C=O) groups excluding carboxylic acids is 1. The van der Waals surface area contributed by atoms with Crippen LogP contribution in [0.2, 0.25) is 0 Å². The van der Waals surface area contributed by atoms with Gasteiger partial charge >= 0.3 is 6.09 Å². The van der Waals surface area contributed by atoms with E-state index in [0.717, 1.165) is 38.1 Å². The summed E-state index contributed by atoms with van der Waals surface area (Å²) in [6.07, 6.45) is 2.89. The van der Waals surface area contributed by atoms with Gasteiger partial charge < -0.3 is 29.5 Å². The van der Waals surface area contributed by atoms with Crippen molar-refractivity contribution in [3.8, 4) is 17.0 Å². The van der Waals surface area contributed by atoms with Crippen molar-refractivity contribution in [1.29, 1.82) is 0 Å². The van der Waals surface area contributed by atoms with E-state index in [4.69, 9.17) is 14.0 Å². The molecule has 1 amide bonds. The van der Waals surface area contributed by atoms with Crippen molar-refractivity contribution in [3.63, 3.8) is 0 Å². The lowest BCUT2D eigenvalue weighted by Crippen LogP contribution is -2.40. The third-order valence-corrected chi connectivity index (χ3v) is 7.60. The zero-order valence-corrected chi connectivity index (χ0v) is 25.3. The third-order valence-electron chi connectivity index (χ3n) is 7.60. The highest BCUT2D eigenvalue weighted by Gasteiger charge is 2.33. The van der Waals surface area contributed by atoms with Crippen LogP contribution in [0.25, 0.3) is 11.1 Å². The summed E-state index contributed by atoms with van der Waals surface area (Å²) >= 11 is 0. The molecule has 2 atom stereocenters. The summed E-state index contributed by atoms with van der Waals surface area (Å²) in [4.78, 5) is 23.6. The summed E-state index contributed by atoms with van der Waals surface area (Å²) in [6, 6.07) is 4.81. The molecule has 0 aliphatic carbocycles. The largest absolute Gasteiger partial charge is 0.464 e. The number of hydrogen-bond acceptors (Lipinski definition) is 9. The van der Waals surface area contributed by atoms with E-state index in [1.165, 1.54) is 6.07 Å². The Morgan fingerprint density at radius 1 is 1.14 bits per heavy atom. The fraction of sp³-hybridized carbons (Fsp3) is 0.548. The number of carbonyl (C=O) groups is 1. The van der Waals surface area contributed by atoms with Crippen LogP contribution in [-0.2, 0) is 4.74 Å². The van der Waals surface area contributed by atoms with Crippen molar-refractivity contribution >= 4 is 11.8 Å². The fourth-order valence-electron chi connectivity index (χ4n) is 5.46. The van der Waals surface area contributed by atoms with E-state index < -0.39 is 29.4 Å². The van der Waals surface area contributed by atoms with Gasteiger partial charge in [-0.05, 0) is 71.3 Å². The Bertz CT molecular complexity index is 1420. The smallest absolute Gasteiger partial charge is 0.407 e. The highest BCUT2D eigenvalue weighted by atomic mass is 19.1. The van der Waals surface area contributed by atoms with E-state index in [1.807, 2.05) is 18.7 Å². The SMILES string of the molecule is CC(C)c1noc(C(Oc2cc(-c3cc(F)ccc3F)c(N3CCC(NC(=O)OC(C)(C)C)C3)cn2)C2CCNCC2)n1. The number of halogens is 2. The molecule has 2 fully saturated rings. The van der Waals surface area contributed by atoms with Crippen LogP contribution in [-0.4, -0.2) is 59.0 Å². The van der Waals surface area contributed by atoms with Gasteiger partial charge in [0.25, 0.3) is 5.89 Å². The molecular formula is C31H40F2N6O4. The molecule has 2 N–H and O–H groups in total. The Morgan fingerprint density at radius 3 is 2.60 bits per heavy atom. The topological polar surface area (TPSA) is 115 Å². The molecule has 2 aliphatic heterocycles. The van der Waals surface area contributed by atoms with Crippen molar-refractivity contribution in [2.45, 2.75) is 77.5 Å². The molecular weight excluding hydrogens is 558 g/mol. The molecule has 0 bridgehead atoms. The molecule has 2 aliphatic rings. The second kappa shape index (κ2) is 12.8. The lowest BCUT2D eigenvalue weighted by atomic mass is 9.92. The van der Waals surface area contributed by atoms with Crippen molar-refractivity contribution in [1.82, 2.24) is 25.8 Å². The Hall–Kier alpha value is -3.80. The number of piperidine rings is 1. The molecule has 0 spiro atoms. The van der Waals surface area contributed by atoms with Crippen molar-refractivity contribution in [2.24, 2.45) is 5.92 Å². The lowest BCUT2D eigenvalue weighted by Gasteiger charge is -2.29. The van der Waals surface area contributed by atoms with E-state index in [9.17, 15) is 9.18 Å². The van der Waals surface area contributed by atoms with Gasteiger partial charge in [0, 0.05) is 42.1 Å². The maximum atomic E-state index is 15.2.